The smallest absolute Gasteiger partial charge is 0.127 e. The number of rotatable bonds is 9. The van der Waals surface area contributed by atoms with Crippen molar-refractivity contribution in [1.29, 1.82) is 0 Å². The topological polar surface area (TPSA) is 27.7 Å². The summed E-state index contributed by atoms with van der Waals surface area (Å²) in [6, 6.07) is 6.17. The van der Waals surface area contributed by atoms with E-state index in [-0.39, 0.29) is 11.2 Å². The van der Waals surface area contributed by atoms with Crippen molar-refractivity contribution in [3.8, 4) is 11.5 Å². The van der Waals surface area contributed by atoms with E-state index >= 15 is 0 Å². The summed E-state index contributed by atoms with van der Waals surface area (Å²) >= 11 is 0. The van der Waals surface area contributed by atoms with Crippen molar-refractivity contribution in [2.45, 2.75) is 78.4 Å². The van der Waals surface area contributed by atoms with Gasteiger partial charge in [0.2, 0.25) is 0 Å². The maximum atomic E-state index is 5.96. The van der Waals surface area contributed by atoms with E-state index in [9.17, 15) is 0 Å². The van der Waals surface area contributed by atoms with Gasteiger partial charge in [-0.2, -0.15) is 0 Å². The minimum Gasteiger partial charge on any atom is -0.489 e. The van der Waals surface area contributed by atoms with Gasteiger partial charge in [0.05, 0.1) is 5.60 Å². The van der Waals surface area contributed by atoms with E-state index in [1.54, 1.807) is 0 Å². The van der Waals surface area contributed by atoms with Crippen LogP contribution in [0.15, 0.2) is 29.8 Å². The molecule has 3 heteroatoms. The molecular weight excluding hydrogens is 312 g/mol. The zero-order valence-electron chi connectivity index (χ0n) is 16.8. The average molecular weight is 347 g/mol. The van der Waals surface area contributed by atoms with E-state index in [0.29, 0.717) is 6.61 Å². The van der Waals surface area contributed by atoms with Crippen LogP contribution >= 0.6 is 0 Å². The maximum Gasteiger partial charge on any atom is 0.127 e. The fourth-order valence-corrected chi connectivity index (χ4v) is 3.30. The summed E-state index contributed by atoms with van der Waals surface area (Å²) in [5, 5.41) is 0. The molecule has 140 valence electrons. The molecule has 1 heterocycles. The maximum absolute atomic E-state index is 5.96. The summed E-state index contributed by atoms with van der Waals surface area (Å²) in [6.45, 7) is 14.2. The quantitative estimate of drug-likeness (QED) is 0.536. The standard InChI is InChI=1S/C22H34O3/c1-7-24-21(3,4)13-8-9-17(2)12-14-23-19-11-10-18-16-22(5,6)25-20(18)15-19/h10-12,15H,7-9,13-14,16H2,1-6H3. The van der Waals surface area contributed by atoms with Gasteiger partial charge < -0.3 is 14.2 Å². The summed E-state index contributed by atoms with van der Waals surface area (Å²) in [5.41, 5.74) is 2.50. The number of hydrogen-bond acceptors (Lipinski definition) is 3. The Hall–Kier alpha value is -1.48. The lowest BCUT2D eigenvalue weighted by molar-refractivity contribution is -0.0173. The molecule has 0 atom stereocenters. The van der Waals surface area contributed by atoms with Crippen LogP contribution in [-0.4, -0.2) is 24.4 Å². The third kappa shape index (κ3) is 6.39. The Balaban J connectivity index is 1.76. The molecule has 1 aliphatic heterocycles. The highest BCUT2D eigenvalue weighted by Gasteiger charge is 2.30. The van der Waals surface area contributed by atoms with Crippen LogP contribution in [0.3, 0.4) is 0 Å². The monoisotopic (exact) mass is 346 g/mol. The Labute approximate surface area is 153 Å². The van der Waals surface area contributed by atoms with Crippen molar-refractivity contribution in [3.05, 3.63) is 35.4 Å². The fourth-order valence-electron chi connectivity index (χ4n) is 3.30. The molecule has 2 rings (SSSR count). The molecule has 1 aliphatic rings. The molecule has 0 spiro atoms. The molecule has 0 fully saturated rings. The molecular formula is C22H34O3. The van der Waals surface area contributed by atoms with Crippen molar-refractivity contribution in [1.82, 2.24) is 0 Å². The first kappa shape index (κ1) is 19.8. The van der Waals surface area contributed by atoms with E-state index in [4.69, 9.17) is 14.2 Å². The first-order valence-electron chi connectivity index (χ1n) is 9.45. The largest absolute Gasteiger partial charge is 0.489 e. The second kappa shape index (κ2) is 8.27. The van der Waals surface area contributed by atoms with Crippen LogP contribution in [0.1, 0.15) is 66.4 Å². The van der Waals surface area contributed by atoms with E-state index < -0.39 is 0 Å². The van der Waals surface area contributed by atoms with Crippen LogP contribution in [0.4, 0.5) is 0 Å². The summed E-state index contributed by atoms with van der Waals surface area (Å²) < 4.78 is 17.6. The van der Waals surface area contributed by atoms with Gasteiger partial charge in [-0.1, -0.05) is 11.6 Å². The van der Waals surface area contributed by atoms with Gasteiger partial charge in [0, 0.05) is 19.1 Å². The molecule has 1 aromatic rings. The normalized spacial score (nSPS) is 16.5. The van der Waals surface area contributed by atoms with Gasteiger partial charge in [-0.05, 0) is 78.5 Å². The zero-order valence-corrected chi connectivity index (χ0v) is 16.8. The molecule has 0 unspecified atom stereocenters. The van der Waals surface area contributed by atoms with Crippen LogP contribution in [-0.2, 0) is 11.2 Å². The highest BCUT2D eigenvalue weighted by atomic mass is 16.5. The number of ether oxygens (including phenoxy) is 3. The van der Waals surface area contributed by atoms with Gasteiger partial charge in [-0.3, -0.25) is 0 Å². The molecule has 25 heavy (non-hydrogen) atoms. The van der Waals surface area contributed by atoms with E-state index in [2.05, 4.69) is 53.7 Å². The number of fused-ring (bicyclic) bond motifs is 1. The van der Waals surface area contributed by atoms with Gasteiger partial charge in [0.1, 0.15) is 23.7 Å². The molecule has 0 radical (unpaired) electrons. The van der Waals surface area contributed by atoms with Crippen molar-refractivity contribution in [2.24, 2.45) is 0 Å². The molecule has 1 aromatic carbocycles. The summed E-state index contributed by atoms with van der Waals surface area (Å²) in [4.78, 5) is 0. The van der Waals surface area contributed by atoms with Crippen LogP contribution in [0, 0.1) is 0 Å². The molecule has 0 bridgehead atoms. The van der Waals surface area contributed by atoms with Gasteiger partial charge in [-0.15, -0.1) is 0 Å². The predicted molar refractivity (Wildman–Crippen MR) is 104 cm³/mol. The lowest BCUT2D eigenvalue weighted by Gasteiger charge is -2.24. The van der Waals surface area contributed by atoms with Gasteiger partial charge in [-0.25, -0.2) is 0 Å². The second-order valence-electron chi connectivity index (χ2n) is 8.22. The highest BCUT2D eigenvalue weighted by Crippen LogP contribution is 2.37. The van der Waals surface area contributed by atoms with E-state index in [1.807, 2.05) is 12.1 Å². The Morgan fingerprint density at radius 3 is 2.80 bits per heavy atom. The van der Waals surface area contributed by atoms with Gasteiger partial charge >= 0.3 is 0 Å². The van der Waals surface area contributed by atoms with Crippen LogP contribution in [0.5, 0.6) is 11.5 Å². The molecule has 0 aliphatic carbocycles. The fraction of sp³-hybridized carbons (Fsp3) is 0.636. The lowest BCUT2D eigenvalue weighted by Crippen LogP contribution is -2.24. The van der Waals surface area contributed by atoms with Crippen LogP contribution in [0.25, 0.3) is 0 Å². The van der Waals surface area contributed by atoms with Crippen molar-refractivity contribution >= 4 is 0 Å². The molecule has 3 nitrogen and oxygen atoms in total. The Bertz CT molecular complexity index is 599. The zero-order chi connectivity index (χ0) is 18.5. The molecule has 0 saturated heterocycles. The minimum atomic E-state index is -0.104. The van der Waals surface area contributed by atoms with Crippen molar-refractivity contribution < 1.29 is 14.2 Å². The summed E-state index contributed by atoms with van der Waals surface area (Å²) in [7, 11) is 0. The van der Waals surface area contributed by atoms with Gasteiger partial charge in [0.25, 0.3) is 0 Å². The van der Waals surface area contributed by atoms with Crippen molar-refractivity contribution in [2.75, 3.05) is 13.2 Å². The first-order valence-corrected chi connectivity index (χ1v) is 9.45. The first-order chi connectivity index (χ1) is 11.7. The minimum absolute atomic E-state index is 0.0241. The summed E-state index contributed by atoms with van der Waals surface area (Å²) in [6.07, 6.45) is 6.43. The van der Waals surface area contributed by atoms with Crippen LogP contribution < -0.4 is 9.47 Å². The number of benzene rings is 1. The highest BCUT2D eigenvalue weighted by molar-refractivity contribution is 5.44. The Morgan fingerprint density at radius 2 is 2.08 bits per heavy atom. The average Bonchev–Trinajstić information content (AvgIpc) is 2.80. The third-order valence-electron chi connectivity index (χ3n) is 4.61. The van der Waals surface area contributed by atoms with Crippen molar-refractivity contribution in [3.63, 3.8) is 0 Å². The van der Waals surface area contributed by atoms with E-state index in [0.717, 1.165) is 43.8 Å². The number of hydrogen-bond donors (Lipinski definition) is 0. The Morgan fingerprint density at radius 1 is 1.32 bits per heavy atom. The Kier molecular flexibility index (Phi) is 6.56. The third-order valence-corrected chi connectivity index (χ3v) is 4.61. The number of allylic oxidation sites excluding steroid dienone is 1. The van der Waals surface area contributed by atoms with Gasteiger partial charge in [0.15, 0.2) is 0 Å². The second-order valence-corrected chi connectivity index (χ2v) is 8.22. The summed E-state index contributed by atoms with van der Waals surface area (Å²) in [5.74, 6) is 1.83. The van der Waals surface area contributed by atoms with E-state index in [1.165, 1.54) is 11.1 Å². The predicted octanol–water partition coefficient (Wildman–Crippen LogP) is 5.71. The molecule has 0 N–H and O–H groups in total. The molecule has 0 amide bonds. The molecule has 0 saturated carbocycles. The van der Waals surface area contributed by atoms with Crippen LogP contribution in [0.2, 0.25) is 0 Å². The lowest BCUT2D eigenvalue weighted by atomic mass is 9.99. The molecule has 0 aromatic heterocycles. The SMILES string of the molecule is CCOC(C)(C)CCCC(C)=CCOc1ccc2c(c1)OC(C)(C)C2.